The van der Waals surface area contributed by atoms with Crippen LogP contribution in [-0.2, 0) is 27.0 Å². The minimum atomic E-state index is -3.82. The van der Waals surface area contributed by atoms with Crippen molar-refractivity contribution >= 4 is 15.9 Å². The predicted molar refractivity (Wildman–Crippen MR) is 91.1 cm³/mol. The van der Waals surface area contributed by atoms with E-state index in [4.69, 9.17) is 10.00 Å². The number of carbonyl (C=O) groups is 1. The first kappa shape index (κ1) is 17.0. The molecule has 0 saturated heterocycles. The van der Waals surface area contributed by atoms with Gasteiger partial charge in [0, 0.05) is 0 Å². The molecule has 1 N–H and O–H groups in total. The van der Waals surface area contributed by atoms with Gasteiger partial charge in [0.15, 0.2) is 0 Å². The zero-order valence-electron chi connectivity index (χ0n) is 13.3. The van der Waals surface area contributed by atoms with Crippen molar-refractivity contribution in [3.63, 3.8) is 0 Å². The van der Waals surface area contributed by atoms with Crippen LogP contribution in [0.25, 0.3) is 0 Å². The first-order valence-corrected chi connectivity index (χ1v) is 9.36. The first-order chi connectivity index (χ1) is 12.0. The molecule has 1 atom stereocenters. The molecule has 6 nitrogen and oxygen atoms in total. The minimum absolute atomic E-state index is 0.148. The number of nitriles is 1. The number of amides is 1. The van der Waals surface area contributed by atoms with Crippen LogP contribution < -0.4 is 9.46 Å². The summed E-state index contributed by atoms with van der Waals surface area (Å²) in [6.45, 7) is 0.148. The quantitative estimate of drug-likeness (QED) is 0.900. The average Bonchev–Trinajstić information content (AvgIpc) is 2.61. The summed E-state index contributed by atoms with van der Waals surface area (Å²) in [6.07, 6.45) is 0.439. The second-order valence-electron chi connectivity index (χ2n) is 5.85. The molecular formula is C18H16N2O4S. The van der Waals surface area contributed by atoms with Gasteiger partial charge in [-0.2, -0.15) is 5.26 Å². The number of ether oxygens (including phenoxy) is 1. The molecule has 0 aliphatic carbocycles. The zero-order valence-corrected chi connectivity index (χ0v) is 14.1. The van der Waals surface area contributed by atoms with Crippen LogP contribution in [0.3, 0.4) is 0 Å². The van der Waals surface area contributed by atoms with Crippen molar-refractivity contribution in [2.75, 3.05) is 6.61 Å². The molecule has 1 aliphatic rings. The molecule has 1 amide bonds. The van der Waals surface area contributed by atoms with Crippen LogP contribution in [0.15, 0.2) is 48.5 Å². The van der Waals surface area contributed by atoms with Crippen molar-refractivity contribution in [1.82, 2.24) is 4.72 Å². The molecule has 0 bridgehead atoms. The molecule has 2 aromatic carbocycles. The van der Waals surface area contributed by atoms with Crippen molar-refractivity contribution in [3.8, 4) is 11.8 Å². The van der Waals surface area contributed by atoms with E-state index >= 15 is 0 Å². The Kier molecular flexibility index (Phi) is 4.72. The van der Waals surface area contributed by atoms with Crippen LogP contribution in [0.1, 0.15) is 16.7 Å². The van der Waals surface area contributed by atoms with Crippen molar-refractivity contribution in [1.29, 1.82) is 5.26 Å². The number of nitrogens with zero attached hydrogens (tertiary/aromatic N) is 1. The normalized spacial score (nSPS) is 16.2. The summed E-state index contributed by atoms with van der Waals surface area (Å²) in [5, 5.41) is 8.76. The smallest absolute Gasteiger partial charge is 0.240 e. The molecule has 3 rings (SSSR count). The van der Waals surface area contributed by atoms with E-state index in [1.165, 1.54) is 0 Å². The standard InChI is InChI=1S/C18H16N2O4S/c19-10-13-5-7-14(8-6-13)12-25(22,23)20-18(21)16-9-15-3-1-2-4-17(15)24-11-16/h1-8,16H,9,11-12H2,(H,20,21). The molecule has 0 fully saturated rings. The second kappa shape index (κ2) is 6.95. The maximum absolute atomic E-state index is 12.3. The highest BCUT2D eigenvalue weighted by Gasteiger charge is 2.28. The molecule has 128 valence electrons. The summed E-state index contributed by atoms with van der Waals surface area (Å²) in [5.41, 5.74) is 1.84. The molecule has 25 heavy (non-hydrogen) atoms. The van der Waals surface area contributed by atoms with Gasteiger partial charge in [0.2, 0.25) is 15.9 Å². The number of para-hydroxylation sites is 1. The number of sulfonamides is 1. The van der Waals surface area contributed by atoms with Gasteiger partial charge in [-0.25, -0.2) is 8.42 Å². The van der Waals surface area contributed by atoms with Gasteiger partial charge in [-0.3, -0.25) is 9.52 Å². The number of carbonyl (C=O) groups excluding carboxylic acids is 1. The van der Waals surface area contributed by atoms with Gasteiger partial charge in [0.1, 0.15) is 12.4 Å². The van der Waals surface area contributed by atoms with Crippen LogP contribution in [-0.4, -0.2) is 20.9 Å². The van der Waals surface area contributed by atoms with E-state index in [1.807, 2.05) is 30.3 Å². The van der Waals surface area contributed by atoms with Gasteiger partial charge in [-0.1, -0.05) is 30.3 Å². The summed E-state index contributed by atoms with van der Waals surface area (Å²) in [4.78, 5) is 12.3. The summed E-state index contributed by atoms with van der Waals surface area (Å²) in [5.74, 6) is -0.713. The van der Waals surface area contributed by atoms with Crippen LogP contribution in [0.4, 0.5) is 0 Å². The molecule has 1 aliphatic heterocycles. The van der Waals surface area contributed by atoms with Gasteiger partial charge >= 0.3 is 0 Å². The van der Waals surface area contributed by atoms with Crippen molar-refractivity contribution in [2.24, 2.45) is 5.92 Å². The minimum Gasteiger partial charge on any atom is -0.492 e. The Labute approximate surface area is 146 Å². The van der Waals surface area contributed by atoms with E-state index < -0.39 is 21.8 Å². The summed E-state index contributed by atoms with van der Waals surface area (Å²) in [7, 11) is -3.82. The van der Waals surface area contributed by atoms with E-state index in [0.717, 1.165) is 11.3 Å². The molecule has 0 saturated carbocycles. The Morgan fingerprint density at radius 1 is 1.20 bits per heavy atom. The highest BCUT2D eigenvalue weighted by molar-refractivity contribution is 7.89. The summed E-state index contributed by atoms with van der Waals surface area (Å²) in [6, 6.07) is 15.5. The highest BCUT2D eigenvalue weighted by Crippen LogP contribution is 2.27. The summed E-state index contributed by atoms with van der Waals surface area (Å²) < 4.78 is 32.1. The Morgan fingerprint density at radius 3 is 2.64 bits per heavy atom. The number of fused-ring (bicyclic) bond motifs is 1. The number of rotatable bonds is 4. The van der Waals surface area contributed by atoms with E-state index in [1.54, 1.807) is 24.3 Å². The fourth-order valence-corrected chi connectivity index (χ4v) is 3.84. The maximum atomic E-state index is 12.3. The topological polar surface area (TPSA) is 96.3 Å². The molecule has 7 heteroatoms. The van der Waals surface area contributed by atoms with Gasteiger partial charge in [0.25, 0.3) is 0 Å². The number of hydrogen-bond acceptors (Lipinski definition) is 5. The van der Waals surface area contributed by atoms with E-state index in [-0.39, 0.29) is 12.4 Å². The maximum Gasteiger partial charge on any atom is 0.240 e. The van der Waals surface area contributed by atoms with Gasteiger partial charge in [-0.15, -0.1) is 0 Å². The Hall–Kier alpha value is -2.85. The lowest BCUT2D eigenvalue weighted by Gasteiger charge is -2.24. The van der Waals surface area contributed by atoms with Crippen LogP contribution >= 0.6 is 0 Å². The van der Waals surface area contributed by atoms with Crippen LogP contribution in [0, 0.1) is 17.2 Å². The van der Waals surface area contributed by atoms with Crippen molar-refractivity contribution in [3.05, 3.63) is 65.2 Å². The number of benzene rings is 2. The third kappa shape index (κ3) is 4.17. The van der Waals surface area contributed by atoms with Crippen LogP contribution in [0.2, 0.25) is 0 Å². The third-order valence-electron chi connectivity index (χ3n) is 3.95. The number of hydrogen-bond donors (Lipinski definition) is 1. The van der Waals surface area contributed by atoms with E-state index in [2.05, 4.69) is 4.72 Å². The molecule has 0 radical (unpaired) electrons. The van der Waals surface area contributed by atoms with Gasteiger partial charge in [0.05, 0.1) is 23.3 Å². The van der Waals surface area contributed by atoms with Crippen molar-refractivity contribution in [2.45, 2.75) is 12.2 Å². The zero-order chi connectivity index (χ0) is 17.9. The molecule has 1 unspecified atom stereocenters. The van der Waals surface area contributed by atoms with E-state index in [0.29, 0.717) is 17.5 Å². The molecular weight excluding hydrogens is 340 g/mol. The predicted octanol–water partition coefficient (Wildman–Crippen LogP) is 1.76. The monoisotopic (exact) mass is 356 g/mol. The fourth-order valence-electron chi connectivity index (χ4n) is 2.66. The van der Waals surface area contributed by atoms with Crippen molar-refractivity contribution < 1.29 is 17.9 Å². The molecule has 2 aromatic rings. The first-order valence-electron chi connectivity index (χ1n) is 7.71. The average molecular weight is 356 g/mol. The Bertz CT molecular complexity index is 930. The lowest BCUT2D eigenvalue weighted by atomic mass is 9.96. The Morgan fingerprint density at radius 2 is 1.92 bits per heavy atom. The lowest BCUT2D eigenvalue weighted by Crippen LogP contribution is -2.40. The van der Waals surface area contributed by atoms with Gasteiger partial charge in [-0.05, 0) is 35.7 Å². The largest absolute Gasteiger partial charge is 0.492 e. The number of nitrogens with one attached hydrogen (secondary N) is 1. The third-order valence-corrected chi connectivity index (χ3v) is 5.17. The lowest BCUT2D eigenvalue weighted by molar-refractivity contribution is -0.124. The Balaban J connectivity index is 1.64. The van der Waals surface area contributed by atoms with Gasteiger partial charge < -0.3 is 4.74 Å². The van der Waals surface area contributed by atoms with E-state index in [9.17, 15) is 13.2 Å². The fraction of sp³-hybridized carbons (Fsp3) is 0.222. The SMILES string of the molecule is N#Cc1ccc(CS(=O)(=O)NC(=O)C2COc3ccccc3C2)cc1. The molecule has 0 aromatic heterocycles. The summed E-state index contributed by atoms with van der Waals surface area (Å²) >= 11 is 0. The highest BCUT2D eigenvalue weighted by atomic mass is 32.2. The molecule has 0 spiro atoms. The second-order valence-corrected chi connectivity index (χ2v) is 7.58. The van der Waals surface area contributed by atoms with Crippen LogP contribution in [0.5, 0.6) is 5.75 Å². The molecule has 1 heterocycles.